The monoisotopic (exact) mass is 351 g/mol. The van der Waals surface area contributed by atoms with Crippen LogP contribution in [0.15, 0.2) is 0 Å². The maximum absolute atomic E-state index is 12.3. The summed E-state index contributed by atoms with van der Waals surface area (Å²) in [4.78, 5) is 17.3. The first-order chi connectivity index (χ1) is 12.2. The van der Waals surface area contributed by atoms with Gasteiger partial charge < -0.3 is 10.2 Å². The van der Waals surface area contributed by atoms with Crippen LogP contribution in [0.3, 0.4) is 0 Å². The molecule has 0 aromatic heterocycles. The van der Waals surface area contributed by atoms with Crippen LogP contribution in [-0.4, -0.2) is 61.0 Å². The molecule has 2 fully saturated rings. The predicted octanol–water partition coefficient (Wildman–Crippen LogP) is 3.66. The Labute approximate surface area is 155 Å². The van der Waals surface area contributed by atoms with Crippen LogP contribution in [0.2, 0.25) is 0 Å². The molecule has 1 saturated heterocycles. The fourth-order valence-electron chi connectivity index (χ4n) is 4.40. The van der Waals surface area contributed by atoms with Crippen LogP contribution in [0, 0.1) is 5.92 Å². The van der Waals surface area contributed by atoms with E-state index in [2.05, 4.69) is 29.0 Å². The maximum atomic E-state index is 12.3. The van der Waals surface area contributed by atoms with Gasteiger partial charge in [-0.25, -0.2) is 0 Å². The zero-order chi connectivity index (χ0) is 17.9. The second kappa shape index (κ2) is 11.9. The molecule has 1 aliphatic carbocycles. The van der Waals surface area contributed by atoms with E-state index in [1.54, 1.807) is 0 Å². The summed E-state index contributed by atoms with van der Waals surface area (Å²) >= 11 is 0. The van der Waals surface area contributed by atoms with E-state index >= 15 is 0 Å². The molecule has 2 rings (SSSR count). The lowest BCUT2D eigenvalue weighted by molar-refractivity contribution is -0.122. The molecule has 1 aliphatic heterocycles. The highest BCUT2D eigenvalue weighted by Gasteiger charge is 2.21. The zero-order valence-corrected chi connectivity index (χ0v) is 16.8. The molecule has 1 saturated carbocycles. The van der Waals surface area contributed by atoms with Crippen molar-refractivity contribution in [2.45, 2.75) is 84.1 Å². The molecule has 0 bridgehead atoms. The highest BCUT2D eigenvalue weighted by molar-refractivity contribution is 5.78. The lowest BCUT2D eigenvalue weighted by Gasteiger charge is -2.28. The normalized spacial score (nSPS) is 22.5. The molecule has 4 heteroatoms. The molecule has 1 amide bonds. The number of hydrogen-bond acceptors (Lipinski definition) is 3. The molecule has 1 N–H and O–H groups in total. The summed E-state index contributed by atoms with van der Waals surface area (Å²) in [6.45, 7) is 10.7. The Kier molecular flexibility index (Phi) is 9.85. The fourth-order valence-corrected chi connectivity index (χ4v) is 4.40. The van der Waals surface area contributed by atoms with Gasteiger partial charge >= 0.3 is 0 Å². The average molecular weight is 352 g/mol. The van der Waals surface area contributed by atoms with Crippen molar-refractivity contribution >= 4 is 5.91 Å². The van der Waals surface area contributed by atoms with Gasteiger partial charge in [0.2, 0.25) is 5.91 Å². The zero-order valence-electron chi connectivity index (χ0n) is 16.8. The number of nitrogens with one attached hydrogen (secondary N) is 1. The van der Waals surface area contributed by atoms with E-state index in [1.165, 1.54) is 70.9 Å². The predicted molar refractivity (Wildman–Crippen MR) is 106 cm³/mol. The highest BCUT2D eigenvalue weighted by atomic mass is 16.2. The van der Waals surface area contributed by atoms with Crippen LogP contribution in [0.25, 0.3) is 0 Å². The van der Waals surface area contributed by atoms with Crippen LogP contribution in [-0.2, 0) is 4.79 Å². The molecule has 1 unspecified atom stereocenters. The van der Waals surface area contributed by atoms with Gasteiger partial charge in [0, 0.05) is 25.7 Å². The second-order valence-corrected chi connectivity index (χ2v) is 8.40. The first-order valence-corrected chi connectivity index (χ1v) is 10.9. The fraction of sp³-hybridized carbons (Fsp3) is 0.952. The molecule has 0 radical (unpaired) electrons. The summed E-state index contributed by atoms with van der Waals surface area (Å²) in [7, 11) is 0. The third kappa shape index (κ3) is 8.54. The molecule has 4 nitrogen and oxygen atoms in total. The molecule has 1 atom stereocenters. The number of carbonyl (C=O) groups is 1. The lowest BCUT2D eigenvalue weighted by Crippen LogP contribution is -2.42. The third-order valence-electron chi connectivity index (χ3n) is 5.94. The Morgan fingerprint density at radius 2 is 1.72 bits per heavy atom. The maximum Gasteiger partial charge on any atom is 0.234 e. The van der Waals surface area contributed by atoms with Crippen molar-refractivity contribution < 1.29 is 4.79 Å². The lowest BCUT2D eigenvalue weighted by atomic mass is 9.89. The summed E-state index contributed by atoms with van der Waals surface area (Å²) in [5.41, 5.74) is 0. The van der Waals surface area contributed by atoms with Gasteiger partial charge in [0.05, 0.1) is 6.54 Å². The molecule has 2 aliphatic rings. The molecule has 0 spiro atoms. The number of unbranched alkanes of at least 4 members (excludes halogenated alkanes) is 2. The van der Waals surface area contributed by atoms with Crippen molar-refractivity contribution in [1.29, 1.82) is 0 Å². The van der Waals surface area contributed by atoms with Crippen molar-refractivity contribution in [3.63, 3.8) is 0 Å². The summed E-state index contributed by atoms with van der Waals surface area (Å²) < 4.78 is 0. The molecular weight excluding hydrogens is 310 g/mol. The van der Waals surface area contributed by atoms with Gasteiger partial charge in [-0.2, -0.15) is 0 Å². The SMILES string of the molecule is CCCCCC(C)NC(=O)CN1CCCN(CC2CCCCC2)CC1. The van der Waals surface area contributed by atoms with Crippen molar-refractivity contribution in [3.05, 3.63) is 0 Å². The minimum Gasteiger partial charge on any atom is -0.353 e. The Morgan fingerprint density at radius 1 is 1.00 bits per heavy atom. The summed E-state index contributed by atoms with van der Waals surface area (Å²) in [5, 5.41) is 3.19. The first kappa shape index (κ1) is 20.7. The number of carbonyl (C=O) groups excluding carboxylic acids is 1. The van der Waals surface area contributed by atoms with E-state index in [0.29, 0.717) is 12.6 Å². The van der Waals surface area contributed by atoms with Gasteiger partial charge in [-0.05, 0) is 51.6 Å². The van der Waals surface area contributed by atoms with Crippen LogP contribution < -0.4 is 5.32 Å². The van der Waals surface area contributed by atoms with Gasteiger partial charge in [0.15, 0.2) is 0 Å². The highest BCUT2D eigenvalue weighted by Crippen LogP contribution is 2.24. The van der Waals surface area contributed by atoms with E-state index < -0.39 is 0 Å². The molecule has 1 heterocycles. The Hall–Kier alpha value is -0.610. The van der Waals surface area contributed by atoms with E-state index in [1.807, 2.05) is 0 Å². The molecule has 25 heavy (non-hydrogen) atoms. The van der Waals surface area contributed by atoms with E-state index in [0.717, 1.165) is 32.0 Å². The average Bonchev–Trinajstić information content (AvgIpc) is 2.81. The molecular formula is C21H41N3O. The third-order valence-corrected chi connectivity index (χ3v) is 5.94. The molecule has 0 aromatic rings. The minimum absolute atomic E-state index is 0.213. The number of hydrogen-bond donors (Lipinski definition) is 1. The number of amides is 1. The molecule has 0 aromatic carbocycles. The first-order valence-electron chi connectivity index (χ1n) is 10.9. The van der Waals surface area contributed by atoms with Gasteiger partial charge in [-0.15, -0.1) is 0 Å². The second-order valence-electron chi connectivity index (χ2n) is 8.40. The van der Waals surface area contributed by atoms with Crippen molar-refractivity contribution in [3.8, 4) is 0 Å². The molecule has 146 valence electrons. The Bertz CT molecular complexity index is 368. The van der Waals surface area contributed by atoms with Crippen molar-refractivity contribution in [1.82, 2.24) is 15.1 Å². The quantitative estimate of drug-likeness (QED) is 0.644. The smallest absolute Gasteiger partial charge is 0.234 e. The van der Waals surface area contributed by atoms with E-state index in [4.69, 9.17) is 0 Å². The van der Waals surface area contributed by atoms with Gasteiger partial charge in [-0.3, -0.25) is 9.69 Å². The number of rotatable bonds is 9. The van der Waals surface area contributed by atoms with E-state index in [9.17, 15) is 4.79 Å². The van der Waals surface area contributed by atoms with E-state index in [-0.39, 0.29) is 5.91 Å². The summed E-state index contributed by atoms with van der Waals surface area (Å²) in [6, 6.07) is 0.314. The standard InChI is InChI=1S/C21H41N3O/c1-3-4-6-10-19(2)22-21(25)18-24-14-9-13-23(15-16-24)17-20-11-7-5-8-12-20/h19-20H,3-18H2,1-2H3,(H,22,25). The van der Waals surface area contributed by atoms with Gasteiger partial charge in [0.1, 0.15) is 0 Å². The van der Waals surface area contributed by atoms with Crippen LogP contribution >= 0.6 is 0 Å². The summed E-state index contributed by atoms with van der Waals surface area (Å²) in [6.07, 6.45) is 13.2. The van der Waals surface area contributed by atoms with Crippen LogP contribution in [0.4, 0.5) is 0 Å². The van der Waals surface area contributed by atoms with Gasteiger partial charge in [0.25, 0.3) is 0 Å². The number of nitrogens with zero attached hydrogens (tertiary/aromatic N) is 2. The largest absolute Gasteiger partial charge is 0.353 e. The summed E-state index contributed by atoms with van der Waals surface area (Å²) in [5.74, 6) is 1.14. The van der Waals surface area contributed by atoms with Crippen LogP contribution in [0.1, 0.15) is 78.1 Å². The van der Waals surface area contributed by atoms with Crippen molar-refractivity contribution in [2.24, 2.45) is 5.92 Å². The minimum atomic E-state index is 0.213. The van der Waals surface area contributed by atoms with Gasteiger partial charge in [-0.1, -0.05) is 45.4 Å². The van der Waals surface area contributed by atoms with Crippen LogP contribution in [0.5, 0.6) is 0 Å². The topological polar surface area (TPSA) is 35.6 Å². The Balaban J connectivity index is 1.63. The van der Waals surface area contributed by atoms with Crippen molar-refractivity contribution in [2.75, 3.05) is 39.3 Å². The Morgan fingerprint density at radius 3 is 2.48 bits per heavy atom.